The molecule has 5 heteroatoms. The lowest BCUT2D eigenvalue weighted by Crippen LogP contribution is -2.57. The van der Waals surface area contributed by atoms with Crippen molar-refractivity contribution in [2.75, 3.05) is 39.4 Å². The Morgan fingerprint density at radius 1 is 1.22 bits per heavy atom. The molecule has 2 rings (SSSR count). The summed E-state index contributed by atoms with van der Waals surface area (Å²) in [5.74, 6) is 0. The lowest BCUT2D eigenvalue weighted by molar-refractivity contribution is 0.0734. The van der Waals surface area contributed by atoms with E-state index in [0.29, 0.717) is 6.61 Å². The van der Waals surface area contributed by atoms with Crippen molar-refractivity contribution in [3.8, 4) is 0 Å². The molecular weight excluding hydrogens is 230 g/mol. The number of amides is 2. The Morgan fingerprint density at radius 2 is 1.89 bits per heavy atom. The third-order valence-corrected chi connectivity index (χ3v) is 3.77. The molecule has 2 amide bonds. The standard InChI is InChI=1S/C13H25N3O2/c1-13(2,3)16-7-5-15(6-8-16)12(17)14-11-4-9-18-10-11/h11H,4-10H2,1-3H3,(H,14,17). The maximum atomic E-state index is 12.1. The van der Waals surface area contributed by atoms with Gasteiger partial charge in [-0.2, -0.15) is 0 Å². The minimum absolute atomic E-state index is 0.0686. The molecule has 2 fully saturated rings. The first kappa shape index (κ1) is 13.6. The molecule has 18 heavy (non-hydrogen) atoms. The molecule has 0 aliphatic carbocycles. The Labute approximate surface area is 109 Å². The molecule has 1 atom stereocenters. The number of carbonyl (C=O) groups excluding carboxylic acids is 1. The molecule has 2 heterocycles. The van der Waals surface area contributed by atoms with Crippen molar-refractivity contribution in [2.45, 2.75) is 38.8 Å². The molecule has 1 unspecified atom stereocenters. The van der Waals surface area contributed by atoms with Gasteiger partial charge in [0.05, 0.1) is 12.6 Å². The molecule has 0 saturated carbocycles. The average molecular weight is 255 g/mol. The fourth-order valence-electron chi connectivity index (χ4n) is 2.49. The number of hydrogen-bond donors (Lipinski definition) is 1. The Balaban J connectivity index is 1.76. The van der Waals surface area contributed by atoms with Crippen LogP contribution in [0.3, 0.4) is 0 Å². The van der Waals surface area contributed by atoms with Gasteiger partial charge in [0, 0.05) is 38.3 Å². The maximum Gasteiger partial charge on any atom is 0.317 e. The fourth-order valence-corrected chi connectivity index (χ4v) is 2.49. The van der Waals surface area contributed by atoms with Gasteiger partial charge in [0.25, 0.3) is 0 Å². The van der Waals surface area contributed by atoms with E-state index in [1.165, 1.54) is 0 Å². The van der Waals surface area contributed by atoms with Crippen LogP contribution in [-0.2, 0) is 4.74 Å². The SMILES string of the molecule is CC(C)(C)N1CCN(C(=O)NC2CCOC2)CC1. The van der Waals surface area contributed by atoms with Crippen molar-refractivity contribution < 1.29 is 9.53 Å². The van der Waals surface area contributed by atoms with Crippen LogP contribution in [0.5, 0.6) is 0 Å². The van der Waals surface area contributed by atoms with Crippen LogP contribution in [-0.4, -0.2) is 66.8 Å². The first-order chi connectivity index (χ1) is 8.47. The van der Waals surface area contributed by atoms with Crippen LogP contribution in [0.2, 0.25) is 0 Å². The minimum Gasteiger partial charge on any atom is -0.379 e. The molecule has 5 nitrogen and oxygen atoms in total. The summed E-state index contributed by atoms with van der Waals surface area (Å²) < 4.78 is 5.27. The van der Waals surface area contributed by atoms with E-state index in [1.54, 1.807) is 0 Å². The molecule has 0 bridgehead atoms. The molecule has 0 spiro atoms. The van der Waals surface area contributed by atoms with Crippen LogP contribution in [0.1, 0.15) is 27.2 Å². The lowest BCUT2D eigenvalue weighted by Gasteiger charge is -2.42. The number of urea groups is 1. The first-order valence-electron chi connectivity index (χ1n) is 6.85. The van der Waals surface area contributed by atoms with Crippen LogP contribution < -0.4 is 5.32 Å². The van der Waals surface area contributed by atoms with E-state index in [2.05, 4.69) is 31.0 Å². The van der Waals surface area contributed by atoms with Gasteiger partial charge in [-0.1, -0.05) is 0 Å². The zero-order valence-corrected chi connectivity index (χ0v) is 11.7. The third-order valence-electron chi connectivity index (χ3n) is 3.77. The summed E-state index contributed by atoms with van der Waals surface area (Å²) in [6.45, 7) is 11.6. The summed E-state index contributed by atoms with van der Waals surface area (Å²) in [6, 6.07) is 0.275. The smallest absolute Gasteiger partial charge is 0.317 e. The summed E-state index contributed by atoms with van der Waals surface area (Å²) in [7, 11) is 0. The van der Waals surface area contributed by atoms with E-state index >= 15 is 0 Å². The first-order valence-corrected chi connectivity index (χ1v) is 6.85. The third kappa shape index (κ3) is 3.36. The quantitative estimate of drug-likeness (QED) is 0.757. The number of nitrogens with one attached hydrogen (secondary N) is 1. The Bertz CT molecular complexity index is 287. The van der Waals surface area contributed by atoms with Crippen LogP contribution in [0, 0.1) is 0 Å². The predicted molar refractivity (Wildman–Crippen MR) is 70.7 cm³/mol. The number of rotatable bonds is 1. The van der Waals surface area contributed by atoms with Gasteiger partial charge in [-0.3, -0.25) is 4.90 Å². The summed E-state index contributed by atoms with van der Waals surface area (Å²) in [5.41, 5.74) is 0.196. The highest BCUT2D eigenvalue weighted by atomic mass is 16.5. The van der Waals surface area contributed by atoms with Crippen LogP contribution in [0.15, 0.2) is 0 Å². The second-order valence-electron chi connectivity index (χ2n) is 6.15. The van der Waals surface area contributed by atoms with E-state index in [9.17, 15) is 4.79 Å². The molecule has 2 aliphatic rings. The number of ether oxygens (including phenoxy) is 1. The summed E-state index contributed by atoms with van der Waals surface area (Å²) in [4.78, 5) is 16.4. The zero-order valence-electron chi connectivity index (χ0n) is 11.7. The van der Waals surface area contributed by atoms with Crippen molar-refractivity contribution >= 4 is 6.03 Å². The van der Waals surface area contributed by atoms with E-state index < -0.39 is 0 Å². The number of nitrogens with zero attached hydrogens (tertiary/aromatic N) is 2. The van der Waals surface area contributed by atoms with Gasteiger partial charge in [-0.25, -0.2) is 4.79 Å². The van der Waals surface area contributed by atoms with Crippen molar-refractivity contribution in [3.05, 3.63) is 0 Å². The van der Waals surface area contributed by atoms with E-state index in [4.69, 9.17) is 4.74 Å². The molecular formula is C13H25N3O2. The second kappa shape index (κ2) is 5.45. The number of carbonyl (C=O) groups is 1. The van der Waals surface area contributed by atoms with Gasteiger partial charge < -0.3 is 15.0 Å². The highest BCUT2D eigenvalue weighted by Crippen LogP contribution is 2.16. The topological polar surface area (TPSA) is 44.8 Å². The van der Waals surface area contributed by atoms with Crippen LogP contribution >= 0.6 is 0 Å². The zero-order chi connectivity index (χ0) is 13.2. The Hall–Kier alpha value is -0.810. The minimum atomic E-state index is 0.0686. The molecule has 104 valence electrons. The largest absolute Gasteiger partial charge is 0.379 e. The predicted octanol–water partition coefficient (Wildman–Crippen LogP) is 0.901. The summed E-state index contributed by atoms with van der Waals surface area (Å²) in [5, 5.41) is 3.05. The lowest BCUT2D eigenvalue weighted by atomic mass is 10.1. The monoisotopic (exact) mass is 255 g/mol. The van der Waals surface area contributed by atoms with E-state index in [-0.39, 0.29) is 17.6 Å². The normalized spacial score (nSPS) is 26.4. The molecule has 2 aliphatic heterocycles. The summed E-state index contributed by atoms with van der Waals surface area (Å²) >= 11 is 0. The van der Waals surface area contributed by atoms with Crippen LogP contribution in [0.4, 0.5) is 4.79 Å². The average Bonchev–Trinajstić information content (AvgIpc) is 2.81. The van der Waals surface area contributed by atoms with Crippen molar-refractivity contribution in [1.82, 2.24) is 15.1 Å². The van der Waals surface area contributed by atoms with Crippen molar-refractivity contribution in [1.29, 1.82) is 0 Å². The van der Waals surface area contributed by atoms with Gasteiger partial charge >= 0.3 is 6.03 Å². The molecule has 0 aromatic carbocycles. The second-order valence-corrected chi connectivity index (χ2v) is 6.15. The fraction of sp³-hybridized carbons (Fsp3) is 0.923. The van der Waals surface area contributed by atoms with Crippen molar-refractivity contribution in [3.63, 3.8) is 0 Å². The molecule has 0 aromatic rings. The molecule has 0 aromatic heterocycles. The van der Waals surface area contributed by atoms with Crippen LogP contribution in [0.25, 0.3) is 0 Å². The molecule has 1 N–H and O–H groups in total. The molecule has 0 radical (unpaired) electrons. The van der Waals surface area contributed by atoms with Gasteiger partial charge in [0.2, 0.25) is 0 Å². The van der Waals surface area contributed by atoms with E-state index in [0.717, 1.165) is 39.2 Å². The summed E-state index contributed by atoms with van der Waals surface area (Å²) in [6.07, 6.45) is 0.938. The number of piperazine rings is 1. The Kier molecular flexibility index (Phi) is 4.12. The molecule has 2 saturated heterocycles. The Morgan fingerprint density at radius 3 is 2.39 bits per heavy atom. The van der Waals surface area contributed by atoms with Gasteiger partial charge in [0.1, 0.15) is 0 Å². The van der Waals surface area contributed by atoms with E-state index in [1.807, 2.05) is 4.90 Å². The number of hydrogen-bond acceptors (Lipinski definition) is 3. The van der Waals surface area contributed by atoms with Gasteiger partial charge in [-0.15, -0.1) is 0 Å². The van der Waals surface area contributed by atoms with Gasteiger partial charge in [-0.05, 0) is 27.2 Å². The maximum absolute atomic E-state index is 12.1. The highest BCUT2D eigenvalue weighted by molar-refractivity contribution is 5.74. The highest BCUT2D eigenvalue weighted by Gasteiger charge is 2.28. The van der Waals surface area contributed by atoms with Crippen molar-refractivity contribution in [2.24, 2.45) is 0 Å². The van der Waals surface area contributed by atoms with Gasteiger partial charge in [0.15, 0.2) is 0 Å².